The highest BCUT2D eigenvalue weighted by molar-refractivity contribution is 7.16. The van der Waals surface area contributed by atoms with Crippen LogP contribution in [0.2, 0.25) is 0 Å². The topological polar surface area (TPSA) is 47.0 Å². The van der Waals surface area contributed by atoms with Crippen LogP contribution in [0.5, 0.6) is 5.88 Å². The van der Waals surface area contributed by atoms with E-state index in [2.05, 4.69) is 43.0 Å². The first-order valence-electron chi connectivity index (χ1n) is 6.74. The van der Waals surface area contributed by atoms with Gasteiger partial charge in [-0.15, -0.1) is 11.3 Å². The molecule has 0 aromatic carbocycles. The first-order valence-corrected chi connectivity index (χ1v) is 7.62. The third-order valence-corrected chi connectivity index (χ3v) is 3.85. The molecule has 4 nitrogen and oxygen atoms in total. The molecule has 2 aromatic rings. The van der Waals surface area contributed by atoms with Crippen molar-refractivity contribution < 1.29 is 4.74 Å². The minimum Gasteiger partial charge on any atom is -0.471 e. The molecule has 0 aliphatic heterocycles. The highest BCUT2D eigenvalue weighted by Gasteiger charge is 2.20. The van der Waals surface area contributed by atoms with E-state index in [-0.39, 0.29) is 5.60 Å². The number of hydrogen-bond acceptors (Lipinski definition) is 5. The second-order valence-electron chi connectivity index (χ2n) is 5.13. The van der Waals surface area contributed by atoms with E-state index in [1.54, 1.807) is 11.3 Å². The summed E-state index contributed by atoms with van der Waals surface area (Å²) < 4.78 is 6.06. The summed E-state index contributed by atoms with van der Waals surface area (Å²) in [6.45, 7) is 9.25. The number of hydrogen-bond donors (Lipinski definition) is 1. The Kier molecular flexibility index (Phi) is 4.24. The standard InChI is InChI=1S/C14H21N3OS/c1-5-8-15-13-16-11(18-14(3,4)6-2)10-7-9-19-12(10)17-13/h7,9H,5-6,8H2,1-4H3,(H,15,16,17). The highest BCUT2D eigenvalue weighted by Crippen LogP contribution is 2.31. The fourth-order valence-corrected chi connectivity index (χ4v) is 2.31. The molecule has 0 unspecified atom stereocenters. The van der Waals surface area contributed by atoms with Crippen LogP contribution < -0.4 is 10.1 Å². The third-order valence-electron chi connectivity index (χ3n) is 3.05. The van der Waals surface area contributed by atoms with Gasteiger partial charge in [0.2, 0.25) is 11.8 Å². The minimum absolute atomic E-state index is 0.217. The molecular weight excluding hydrogens is 258 g/mol. The molecule has 0 atom stereocenters. The Labute approximate surface area is 118 Å². The highest BCUT2D eigenvalue weighted by atomic mass is 32.1. The Morgan fingerprint density at radius 3 is 2.79 bits per heavy atom. The van der Waals surface area contributed by atoms with Gasteiger partial charge in [-0.2, -0.15) is 4.98 Å². The molecule has 0 fully saturated rings. The number of thiophene rings is 1. The van der Waals surface area contributed by atoms with E-state index in [9.17, 15) is 0 Å². The van der Waals surface area contributed by atoms with E-state index in [1.807, 2.05) is 11.4 Å². The Morgan fingerprint density at radius 2 is 2.11 bits per heavy atom. The van der Waals surface area contributed by atoms with Crippen molar-refractivity contribution in [1.29, 1.82) is 0 Å². The van der Waals surface area contributed by atoms with E-state index in [1.165, 1.54) is 0 Å². The van der Waals surface area contributed by atoms with E-state index in [0.717, 1.165) is 29.6 Å². The van der Waals surface area contributed by atoms with Gasteiger partial charge in [-0.05, 0) is 38.1 Å². The average molecular weight is 279 g/mol. The van der Waals surface area contributed by atoms with Crippen LogP contribution in [-0.4, -0.2) is 22.1 Å². The molecule has 0 amide bonds. The van der Waals surface area contributed by atoms with Gasteiger partial charge in [0.1, 0.15) is 10.4 Å². The molecule has 0 spiro atoms. The summed E-state index contributed by atoms with van der Waals surface area (Å²) in [5.74, 6) is 1.33. The number of fused-ring (bicyclic) bond motifs is 1. The maximum atomic E-state index is 6.06. The summed E-state index contributed by atoms with van der Waals surface area (Å²) in [5.41, 5.74) is -0.217. The molecular formula is C14H21N3OS. The molecule has 2 rings (SSSR count). The summed E-state index contributed by atoms with van der Waals surface area (Å²) in [5, 5.41) is 6.24. The van der Waals surface area contributed by atoms with Crippen molar-refractivity contribution in [1.82, 2.24) is 9.97 Å². The minimum atomic E-state index is -0.217. The zero-order valence-corrected chi connectivity index (χ0v) is 12.8. The van der Waals surface area contributed by atoms with Crippen LogP contribution in [0.25, 0.3) is 10.2 Å². The fourth-order valence-electron chi connectivity index (χ4n) is 1.56. The SMILES string of the molecule is CCCNc1nc(OC(C)(C)CC)c2ccsc2n1. The van der Waals surface area contributed by atoms with Gasteiger partial charge in [0.05, 0.1) is 5.39 Å². The lowest BCUT2D eigenvalue weighted by molar-refractivity contribution is 0.101. The van der Waals surface area contributed by atoms with Crippen molar-refractivity contribution in [3.05, 3.63) is 11.4 Å². The molecule has 2 heterocycles. The summed E-state index contributed by atoms with van der Waals surface area (Å²) in [6, 6.07) is 2.02. The van der Waals surface area contributed by atoms with E-state index in [0.29, 0.717) is 11.8 Å². The number of nitrogens with one attached hydrogen (secondary N) is 1. The van der Waals surface area contributed by atoms with E-state index in [4.69, 9.17) is 4.74 Å². The van der Waals surface area contributed by atoms with E-state index >= 15 is 0 Å². The van der Waals surface area contributed by atoms with Crippen LogP contribution in [0, 0.1) is 0 Å². The summed E-state index contributed by atoms with van der Waals surface area (Å²) >= 11 is 1.61. The molecule has 0 aliphatic carbocycles. The number of anilines is 1. The molecule has 5 heteroatoms. The van der Waals surface area contributed by atoms with Crippen molar-refractivity contribution in [3.8, 4) is 5.88 Å². The quantitative estimate of drug-likeness (QED) is 0.865. The van der Waals surface area contributed by atoms with Crippen molar-refractivity contribution in [2.45, 2.75) is 46.1 Å². The predicted molar refractivity (Wildman–Crippen MR) is 81.2 cm³/mol. The average Bonchev–Trinajstić information content (AvgIpc) is 2.84. The number of rotatable bonds is 6. The van der Waals surface area contributed by atoms with Gasteiger partial charge in [-0.3, -0.25) is 0 Å². The Balaban J connectivity index is 2.36. The second kappa shape index (κ2) is 5.74. The van der Waals surface area contributed by atoms with Gasteiger partial charge >= 0.3 is 0 Å². The van der Waals surface area contributed by atoms with Crippen LogP contribution in [0.1, 0.15) is 40.5 Å². The van der Waals surface area contributed by atoms with Gasteiger partial charge in [-0.1, -0.05) is 13.8 Å². The van der Waals surface area contributed by atoms with Crippen LogP contribution in [0.4, 0.5) is 5.95 Å². The van der Waals surface area contributed by atoms with Gasteiger partial charge in [0.15, 0.2) is 0 Å². The second-order valence-corrected chi connectivity index (χ2v) is 6.03. The summed E-state index contributed by atoms with van der Waals surface area (Å²) in [4.78, 5) is 9.98. The van der Waals surface area contributed by atoms with E-state index < -0.39 is 0 Å². The Hall–Kier alpha value is -1.36. The van der Waals surface area contributed by atoms with Crippen LogP contribution in [0.15, 0.2) is 11.4 Å². The lowest BCUT2D eigenvalue weighted by Crippen LogP contribution is -2.27. The molecule has 0 aliphatic rings. The number of aromatic nitrogens is 2. The Morgan fingerprint density at radius 1 is 1.32 bits per heavy atom. The molecule has 0 radical (unpaired) electrons. The van der Waals surface area contributed by atoms with Crippen molar-refractivity contribution in [2.75, 3.05) is 11.9 Å². The third kappa shape index (κ3) is 3.35. The lowest BCUT2D eigenvalue weighted by Gasteiger charge is -2.24. The molecule has 0 bridgehead atoms. The normalized spacial score (nSPS) is 11.8. The molecule has 1 N–H and O–H groups in total. The van der Waals surface area contributed by atoms with Crippen molar-refractivity contribution >= 4 is 27.5 Å². The molecule has 0 saturated heterocycles. The maximum Gasteiger partial charge on any atom is 0.227 e. The summed E-state index contributed by atoms with van der Waals surface area (Å²) in [6.07, 6.45) is 1.98. The molecule has 0 saturated carbocycles. The maximum absolute atomic E-state index is 6.06. The Bertz CT molecular complexity index is 551. The largest absolute Gasteiger partial charge is 0.471 e. The summed E-state index contributed by atoms with van der Waals surface area (Å²) in [7, 11) is 0. The smallest absolute Gasteiger partial charge is 0.227 e. The molecule has 2 aromatic heterocycles. The van der Waals surface area contributed by atoms with Crippen molar-refractivity contribution in [3.63, 3.8) is 0 Å². The number of nitrogens with zero attached hydrogens (tertiary/aromatic N) is 2. The first kappa shape index (κ1) is 14.1. The van der Waals surface area contributed by atoms with Crippen LogP contribution >= 0.6 is 11.3 Å². The van der Waals surface area contributed by atoms with Gasteiger partial charge in [0, 0.05) is 6.54 Å². The van der Waals surface area contributed by atoms with Crippen molar-refractivity contribution in [2.24, 2.45) is 0 Å². The predicted octanol–water partition coefficient (Wildman–Crippen LogP) is 4.08. The van der Waals surface area contributed by atoms with Gasteiger partial charge in [0.25, 0.3) is 0 Å². The molecule has 19 heavy (non-hydrogen) atoms. The molecule has 104 valence electrons. The van der Waals surface area contributed by atoms with Gasteiger partial charge in [-0.25, -0.2) is 4.98 Å². The zero-order chi connectivity index (χ0) is 13.9. The monoisotopic (exact) mass is 279 g/mol. The zero-order valence-electron chi connectivity index (χ0n) is 12.0. The number of ether oxygens (including phenoxy) is 1. The lowest BCUT2D eigenvalue weighted by atomic mass is 10.1. The van der Waals surface area contributed by atoms with Crippen LogP contribution in [0.3, 0.4) is 0 Å². The first-order chi connectivity index (χ1) is 9.05. The van der Waals surface area contributed by atoms with Crippen LogP contribution in [-0.2, 0) is 0 Å². The fraction of sp³-hybridized carbons (Fsp3) is 0.571. The van der Waals surface area contributed by atoms with Gasteiger partial charge < -0.3 is 10.1 Å².